The largest absolute Gasteiger partial charge is 0.325 e. The van der Waals surface area contributed by atoms with Crippen LogP contribution in [0, 0.1) is 0 Å². The minimum Gasteiger partial charge on any atom is -0.316 e. The molecule has 0 spiro atoms. The predicted octanol–water partition coefficient (Wildman–Crippen LogP) is -0.470. The van der Waals surface area contributed by atoms with Gasteiger partial charge in [-0.15, -0.1) is 0 Å². The van der Waals surface area contributed by atoms with Crippen molar-refractivity contribution in [1.82, 2.24) is 15.3 Å². The summed E-state index contributed by atoms with van der Waals surface area (Å²) in [5.41, 5.74) is -0.0261. The Morgan fingerprint density at radius 1 is 1.36 bits per heavy atom. The summed E-state index contributed by atoms with van der Waals surface area (Å²) in [6.07, 6.45) is 3.60. The van der Waals surface area contributed by atoms with Crippen LogP contribution in [0.3, 0.4) is 0 Å². The molecule has 1 unspecified atom stereocenters. The van der Waals surface area contributed by atoms with E-state index in [2.05, 4.69) is 15.3 Å². The van der Waals surface area contributed by atoms with Gasteiger partial charge in [-0.05, 0) is 19.4 Å². The lowest BCUT2D eigenvalue weighted by Gasteiger charge is -2.21. The van der Waals surface area contributed by atoms with Crippen LogP contribution in [0.25, 0.3) is 0 Å². The summed E-state index contributed by atoms with van der Waals surface area (Å²) in [6.45, 7) is 1.83. The van der Waals surface area contributed by atoms with Gasteiger partial charge < -0.3 is 10.3 Å². The highest BCUT2D eigenvalue weighted by molar-refractivity contribution is 5.11. The fourth-order valence-corrected chi connectivity index (χ4v) is 1.84. The average Bonchev–Trinajstić information content (AvgIpc) is 2.19. The van der Waals surface area contributed by atoms with Gasteiger partial charge in [0.2, 0.25) is 0 Å². The number of aromatic nitrogens is 2. The first kappa shape index (κ1) is 9.21. The van der Waals surface area contributed by atoms with Gasteiger partial charge in [0.25, 0.3) is 5.56 Å². The van der Waals surface area contributed by atoms with Crippen LogP contribution in [0.1, 0.15) is 24.3 Å². The molecule has 0 bridgehead atoms. The molecular formula is C9H13N3O2. The predicted molar refractivity (Wildman–Crippen MR) is 52.5 cm³/mol. The van der Waals surface area contributed by atoms with Gasteiger partial charge in [0, 0.05) is 24.2 Å². The maximum atomic E-state index is 11.4. The molecule has 5 nitrogen and oxygen atoms in total. The second-order valence-electron chi connectivity index (χ2n) is 3.57. The van der Waals surface area contributed by atoms with Crippen molar-refractivity contribution in [2.75, 3.05) is 13.1 Å². The van der Waals surface area contributed by atoms with Crippen molar-refractivity contribution in [3.8, 4) is 0 Å². The lowest BCUT2D eigenvalue weighted by molar-refractivity contribution is 0.457. The highest BCUT2D eigenvalue weighted by atomic mass is 16.2. The first-order valence-corrected chi connectivity index (χ1v) is 4.80. The fourth-order valence-electron chi connectivity index (χ4n) is 1.84. The molecule has 1 aliphatic heterocycles. The second kappa shape index (κ2) is 3.79. The molecule has 0 amide bonds. The summed E-state index contributed by atoms with van der Waals surface area (Å²) < 4.78 is 0. The monoisotopic (exact) mass is 195 g/mol. The number of piperidine rings is 1. The van der Waals surface area contributed by atoms with E-state index >= 15 is 0 Å². The van der Waals surface area contributed by atoms with Crippen molar-refractivity contribution in [2.24, 2.45) is 0 Å². The maximum Gasteiger partial charge on any atom is 0.325 e. The van der Waals surface area contributed by atoms with Crippen LogP contribution < -0.4 is 16.6 Å². The Morgan fingerprint density at radius 2 is 2.21 bits per heavy atom. The van der Waals surface area contributed by atoms with Gasteiger partial charge in [0.1, 0.15) is 0 Å². The number of hydrogen-bond acceptors (Lipinski definition) is 3. The summed E-state index contributed by atoms with van der Waals surface area (Å²) in [7, 11) is 0. The number of H-pyrrole nitrogens is 2. The molecule has 0 saturated carbocycles. The van der Waals surface area contributed by atoms with Crippen LogP contribution >= 0.6 is 0 Å². The van der Waals surface area contributed by atoms with Gasteiger partial charge in [-0.2, -0.15) is 0 Å². The highest BCUT2D eigenvalue weighted by Gasteiger charge is 2.17. The second-order valence-corrected chi connectivity index (χ2v) is 3.57. The van der Waals surface area contributed by atoms with E-state index < -0.39 is 5.69 Å². The Morgan fingerprint density at radius 3 is 2.86 bits per heavy atom. The van der Waals surface area contributed by atoms with Crippen LogP contribution in [-0.4, -0.2) is 23.1 Å². The molecule has 1 aromatic heterocycles. The van der Waals surface area contributed by atoms with E-state index in [0.717, 1.165) is 25.9 Å². The molecule has 5 heteroatoms. The number of rotatable bonds is 1. The lowest BCUT2D eigenvalue weighted by Crippen LogP contribution is -2.33. The van der Waals surface area contributed by atoms with E-state index in [1.54, 1.807) is 0 Å². The van der Waals surface area contributed by atoms with Gasteiger partial charge >= 0.3 is 5.69 Å². The van der Waals surface area contributed by atoms with Crippen molar-refractivity contribution in [3.05, 3.63) is 32.6 Å². The van der Waals surface area contributed by atoms with Crippen LogP contribution in [0.5, 0.6) is 0 Å². The topological polar surface area (TPSA) is 77.8 Å². The van der Waals surface area contributed by atoms with Gasteiger partial charge in [-0.25, -0.2) is 4.79 Å². The Bertz CT molecular complexity index is 415. The maximum absolute atomic E-state index is 11.4. The summed E-state index contributed by atoms with van der Waals surface area (Å²) in [5.74, 6) is 0.226. The van der Waals surface area contributed by atoms with E-state index in [0.29, 0.717) is 5.56 Å². The zero-order valence-corrected chi connectivity index (χ0v) is 7.80. The molecular weight excluding hydrogens is 182 g/mol. The lowest BCUT2D eigenvalue weighted by atomic mass is 9.94. The van der Waals surface area contributed by atoms with E-state index in [1.807, 2.05) is 0 Å². The summed E-state index contributed by atoms with van der Waals surface area (Å²) in [5, 5.41) is 3.23. The molecule has 0 radical (unpaired) electrons. The molecule has 3 N–H and O–H groups in total. The normalized spacial score (nSPS) is 22.1. The van der Waals surface area contributed by atoms with E-state index in [-0.39, 0.29) is 11.5 Å². The van der Waals surface area contributed by atoms with Crippen LogP contribution in [0.15, 0.2) is 15.8 Å². The van der Waals surface area contributed by atoms with E-state index in [9.17, 15) is 9.59 Å². The van der Waals surface area contributed by atoms with Gasteiger partial charge in [-0.1, -0.05) is 0 Å². The number of nitrogens with one attached hydrogen (secondary N) is 3. The van der Waals surface area contributed by atoms with Crippen molar-refractivity contribution in [2.45, 2.75) is 18.8 Å². The van der Waals surface area contributed by atoms with Crippen molar-refractivity contribution in [1.29, 1.82) is 0 Å². The number of hydrogen-bond donors (Lipinski definition) is 3. The van der Waals surface area contributed by atoms with Crippen LogP contribution in [0.2, 0.25) is 0 Å². The molecule has 1 aliphatic rings. The van der Waals surface area contributed by atoms with Gasteiger partial charge in [0.05, 0.1) is 0 Å². The van der Waals surface area contributed by atoms with Gasteiger partial charge in [-0.3, -0.25) is 9.78 Å². The zero-order valence-electron chi connectivity index (χ0n) is 7.80. The molecule has 0 aliphatic carbocycles. The molecule has 1 atom stereocenters. The Hall–Kier alpha value is -1.36. The Kier molecular flexibility index (Phi) is 2.49. The molecule has 1 aromatic rings. The Labute approximate surface area is 80.6 Å². The minimum atomic E-state index is -0.442. The van der Waals surface area contributed by atoms with E-state index in [1.165, 1.54) is 6.20 Å². The summed E-state index contributed by atoms with van der Waals surface area (Å²) in [6, 6.07) is 0. The fraction of sp³-hybridized carbons (Fsp3) is 0.556. The molecule has 0 aromatic carbocycles. The number of aromatic amines is 2. The SMILES string of the molecule is O=c1[nH]cc(C2CCCNC2)c(=O)[nH]1. The third-order valence-corrected chi connectivity index (χ3v) is 2.58. The molecule has 14 heavy (non-hydrogen) atoms. The Balaban J connectivity index is 2.31. The molecule has 1 fully saturated rings. The van der Waals surface area contributed by atoms with Crippen LogP contribution in [-0.2, 0) is 0 Å². The van der Waals surface area contributed by atoms with Crippen molar-refractivity contribution < 1.29 is 0 Å². The summed E-state index contributed by atoms with van der Waals surface area (Å²) in [4.78, 5) is 27.0. The highest BCUT2D eigenvalue weighted by Crippen LogP contribution is 2.18. The summed E-state index contributed by atoms with van der Waals surface area (Å²) >= 11 is 0. The molecule has 2 heterocycles. The van der Waals surface area contributed by atoms with E-state index in [4.69, 9.17) is 0 Å². The third-order valence-electron chi connectivity index (χ3n) is 2.58. The van der Waals surface area contributed by atoms with Crippen molar-refractivity contribution in [3.63, 3.8) is 0 Å². The quantitative estimate of drug-likeness (QED) is 0.567. The zero-order chi connectivity index (χ0) is 9.97. The van der Waals surface area contributed by atoms with Crippen molar-refractivity contribution >= 4 is 0 Å². The first-order valence-electron chi connectivity index (χ1n) is 4.80. The third kappa shape index (κ3) is 1.77. The molecule has 76 valence electrons. The average molecular weight is 195 g/mol. The standard InChI is InChI=1S/C9H13N3O2/c13-8-7(5-11-9(14)12-8)6-2-1-3-10-4-6/h5-6,10H,1-4H2,(H2,11,12,13,14). The first-order chi connectivity index (χ1) is 6.77. The molecule has 2 rings (SSSR count). The van der Waals surface area contributed by atoms with Gasteiger partial charge in [0.15, 0.2) is 0 Å². The molecule has 1 saturated heterocycles. The van der Waals surface area contributed by atoms with Crippen LogP contribution in [0.4, 0.5) is 0 Å². The smallest absolute Gasteiger partial charge is 0.316 e. The minimum absolute atomic E-state index is 0.226.